The number of para-hydroxylation sites is 1. The molecule has 0 aliphatic carbocycles. The summed E-state index contributed by atoms with van der Waals surface area (Å²) in [5.41, 5.74) is 1.32. The van der Waals surface area contributed by atoms with Crippen LogP contribution in [0.3, 0.4) is 0 Å². The van der Waals surface area contributed by atoms with Crippen molar-refractivity contribution in [3.63, 3.8) is 0 Å². The Labute approximate surface area is 207 Å². The largest absolute Gasteiger partial charge is 0.480 e. The lowest BCUT2D eigenvalue weighted by Gasteiger charge is -2.30. The van der Waals surface area contributed by atoms with Crippen molar-refractivity contribution in [1.82, 2.24) is 20.4 Å². The van der Waals surface area contributed by atoms with Crippen LogP contribution >= 0.6 is 11.6 Å². The van der Waals surface area contributed by atoms with E-state index in [4.69, 9.17) is 22.0 Å². The second-order valence-corrected chi connectivity index (χ2v) is 9.70. The molecule has 0 spiro atoms. The number of carboxylic acids is 1. The summed E-state index contributed by atoms with van der Waals surface area (Å²) in [4.78, 5) is 37.3. The van der Waals surface area contributed by atoms with E-state index in [1.807, 2.05) is 0 Å². The van der Waals surface area contributed by atoms with Gasteiger partial charge in [0.15, 0.2) is 5.69 Å². The monoisotopic (exact) mass is 495 g/mol. The van der Waals surface area contributed by atoms with Crippen molar-refractivity contribution in [2.75, 3.05) is 0 Å². The molecule has 182 valence electrons. The van der Waals surface area contributed by atoms with E-state index in [9.17, 15) is 14.4 Å². The highest BCUT2D eigenvalue weighted by molar-refractivity contribution is 6.35. The average Bonchev–Trinajstić information content (AvgIpc) is 3.16. The summed E-state index contributed by atoms with van der Waals surface area (Å²) in [5.74, 6) is -2.38. The lowest BCUT2D eigenvalue weighted by molar-refractivity contribution is -0.142. The van der Waals surface area contributed by atoms with E-state index in [1.54, 1.807) is 67.9 Å². The Balaban J connectivity index is 1.96. The molecule has 2 aromatic carbocycles. The summed E-state index contributed by atoms with van der Waals surface area (Å²) in [6.07, 6.45) is 0. The maximum Gasteiger partial charge on any atom is 0.325 e. The number of nitrogens with one attached hydrogen (secondary N) is 2. The summed E-state index contributed by atoms with van der Waals surface area (Å²) in [6, 6.07) is 12.0. The first-order valence-electron chi connectivity index (χ1n) is 10.9. The molecule has 0 fully saturated rings. The molecule has 3 rings (SSSR count). The number of aliphatic carboxylic acids is 1. The number of benzene rings is 2. The zero-order valence-corrected chi connectivity index (χ0v) is 20.6. The molecular weight excluding hydrogens is 470 g/mol. The second kappa shape index (κ2) is 10.2. The van der Waals surface area contributed by atoms with Crippen molar-refractivity contribution < 1.29 is 19.5 Å². The maximum atomic E-state index is 13.3. The van der Waals surface area contributed by atoms with Crippen LogP contribution in [0.5, 0.6) is 0 Å². The van der Waals surface area contributed by atoms with E-state index >= 15 is 0 Å². The third kappa shape index (κ3) is 5.78. The van der Waals surface area contributed by atoms with Crippen molar-refractivity contribution in [2.24, 2.45) is 5.41 Å². The van der Waals surface area contributed by atoms with Crippen molar-refractivity contribution in [3.8, 4) is 6.07 Å². The predicted molar refractivity (Wildman–Crippen MR) is 131 cm³/mol. The molecule has 3 N–H and O–H groups in total. The van der Waals surface area contributed by atoms with Gasteiger partial charge in [-0.1, -0.05) is 56.6 Å². The Bertz CT molecular complexity index is 1320. The Morgan fingerprint density at radius 2 is 1.80 bits per heavy atom. The summed E-state index contributed by atoms with van der Waals surface area (Å²) in [6.45, 7) is 6.95. The Morgan fingerprint density at radius 1 is 1.14 bits per heavy atom. The van der Waals surface area contributed by atoms with Crippen LogP contribution in [-0.2, 0) is 16.1 Å². The molecule has 3 aromatic rings. The number of carbonyl (C=O) groups is 3. The van der Waals surface area contributed by atoms with E-state index in [1.165, 1.54) is 6.92 Å². The molecule has 35 heavy (non-hydrogen) atoms. The Hall–Kier alpha value is -3.90. The molecule has 0 saturated heterocycles. The van der Waals surface area contributed by atoms with Crippen LogP contribution in [0, 0.1) is 16.7 Å². The molecule has 0 aliphatic heterocycles. The van der Waals surface area contributed by atoms with Gasteiger partial charge in [0.05, 0.1) is 28.7 Å². The summed E-state index contributed by atoms with van der Waals surface area (Å²) in [5, 5.41) is 28.7. The van der Waals surface area contributed by atoms with Crippen molar-refractivity contribution in [2.45, 2.75) is 46.3 Å². The number of carboxylic acid groups (broad SMARTS) is 1. The lowest BCUT2D eigenvalue weighted by atomic mass is 9.85. The van der Waals surface area contributed by atoms with Crippen molar-refractivity contribution in [1.29, 1.82) is 5.26 Å². The number of nitriles is 1. The molecule has 0 saturated carbocycles. The van der Waals surface area contributed by atoms with Crippen molar-refractivity contribution >= 4 is 40.3 Å². The first kappa shape index (κ1) is 25.7. The number of hydrogen-bond acceptors (Lipinski definition) is 5. The maximum absolute atomic E-state index is 13.3. The number of rotatable bonds is 7. The number of carbonyl (C=O) groups excluding carboxylic acids is 2. The fourth-order valence-corrected chi connectivity index (χ4v) is 3.84. The standard InChI is InChI=1S/C25H26ClN5O4/c1-14(24(34)35)28-23(33)21(25(2,3)4)29-22(32)19-17-6-5-7-18(26)20(17)31(30-19)13-16-10-8-15(12-27)9-11-16/h5-11,14,21H,13H2,1-4H3,(H,28,33)(H,29,32)(H,34,35). The highest BCUT2D eigenvalue weighted by Crippen LogP contribution is 2.28. The summed E-state index contributed by atoms with van der Waals surface area (Å²) >= 11 is 6.45. The Morgan fingerprint density at radius 3 is 2.37 bits per heavy atom. The predicted octanol–water partition coefficient (Wildman–Crippen LogP) is 3.34. The minimum Gasteiger partial charge on any atom is -0.480 e. The van der Waals surface area contributed by atoms with Gasteiger partial charge >= 0.3 is 5.97 Å². The highest BCUT2D eigenvalue weighted by atomic mass is 35.5. The number of fused-ring (bicyclic) bond motifs is 1. The van der Waals surface area contributed by atoms with Crippen LogP contribution in [0.2, 0.25) is 5.02 Å². The fraction of sp³-hybridized carbons (Fsp3) is 0.320. The highest BCUT2D eigenvalue weighted by Gasteiger charge is 2.35. The molecule has 1 heterocycles. The molecule has 2 amide bonds. The van der Waals surface area contributed by atoms with Crippen molar-refractivity contribution in [3.05, 3.63) is 64.3 Å². The second-order valence-electron chi connectivity index (χ2n) is 9.29. The molecular formula is C25H26ClN5O4. The van der Waals surface area contributed by atoms with Gasteiger partial charge in [-0.25, -0.2) is 0 Å². The normalized spacial score (nSPS) is 13.0. The smallest absolute Gasteiger partial charge is 0.325 e. The molecule has 0 aliphatic rings. The number of halogens is 1. The van der Waals surface area contributed by atoms with Crippen LogP contribution in [0.25, 0.3) is 10.9 Å². The van der Waals surface area contributed by atoms with E-state index in [-0.39, 0.29) is 5.69 Å². The van der Waals surface area contributed by atoms with Gasteiger partial charge in [-0.2, -0.15) is 10.4 Å². The van der Waals surface area contributed by atoms with Gasteiger partial charge in [0, 0.05) is 5.39 Å². The summed E-state index contributed by atoms with van der Waals surface area (Å²) < 4.78 is 1.60. The van der Waals surface area contributed by atoms with Crippen LogP contribution in [0.4, 0.5) is 0 Å². The molecule has 1 aromatic heterocycles. The van der Waals surface area contributed by atoms with Crippen LogP contribution < -0.4 is 10.6 Å². The van der Waals surface area contributed by atoms with Crippen LogP contribution in [0.15, 0.2) is 42.5 Å². The minimum absolute atomic E-state index is 0.0875. The zero-order valence-electron chi connectivity index (χ0n) is 19.8. The number of nitrogens with zero attached hydrogens (tertiary/aromatic N) is 3. The van der Waals surface area contributed by atoms with Crippen LogP contribution in [-0.4, -0.2) is 44.8 Å². The lowest BCUT2D eigenvalue weighted by Crippen LogP contribution is -2.56. The minimum atomic E-state index is -1.18. The third-order valence-electron chi connectivity index (χ3n) is 5.48. The van der Waals surface area contributed by atoms with Gasteiger partial charge in [-0.3, -0.25) is 19.1 Å². The van der Waals surface area contributed by atoms with Gasteiger partial charge < -0.3 is 15.7 Å². The molecule has 10 heteroatoms. The van der Waals surface area contributed by atoms with E-state index in [2.05, 4.69) is 21.8 Å². The van der Waals surface area contributed by atoms with Gasteiger partial charge in [0.1, 0.15) is 12.1 Å². The topological polar surface area (TPSA) is 137 Å². The average molecular weight is 496 g/mol. The quantitative estimate of drug-likeness (QED) is 0.459. The molecule has 2 unspecified atom stereocenters. The SMILES string of the molecule is CC(NC(=O)C(NC(=O)c1nn(Cc2ccc(C#N)cc2)c2c(Cl)cccc12)C(C)(C)C)C(=O)O. The van der Waals surface area contributed by atoms with Gasteiger partial charge in [-0.15, -0.1) is 0 Å². The molecule has 0 bridgehead atoms. The van der Waals surface area contributed by atoms with E-state index < -0.39 is 35.3 Å². The number of hydrogen-bond donors (Lipinski definition) is 3. The third-order valence-corrected chi connectivity index (χ3v) is 5.79. The molecule has 2 atom stereocenters. The van der Waals surface area contributed by atoms with Crippen LogP contribution in [0.1, 0.15) is 49.3 Å². The van der Waals surface area contributed by atoms with Gasteiger partial charge in [0.2, 0.25) is 5.91 Å². The number of amides is 2. The van der Waals surface area contributed by atoms with E-state index in [0.29, 0.717) is 28.0 Å². The first-order valence-corrected chi connectivity index (χ1v) is 11.3. The molecule has 9 nitrogen and oxygen atoms in total. The van der Waals surface area contributed by atoms with Gasteiger partial charge in [0.25, 0.3) is 5.91 Å². The van der Waals surface area contributed by atoms with E-state index in [0.717, 1.165) is 5.56 Å². The molecule has 0 radical (unpaired) electrons. The fourth-order valence-electron chi connectivity index (χ4n) is 3.57. The van der Waals surface area contributed by atoms with Gasteiger partial charge in [-0.05, 0) is 36.1 Å². The zero-order chi connectivity index (χ0) is 25.9. The summed E-state index contributed by atoms with van der Waals surface area (Å²) in [7, 11) is 0. The Kier molecular flexibility index (Phi) is 7.46. The number of aromatic nitrogens is 2. The first-order chi connectivity index (χ1) is 16.4.